The molecule has 2 rings (SSSR count). The highest BCUT2D eigenvalue weighted by Crippen LogP contribution is 2.13. The molecule has 100 valence electrons. The van der Waals surface area contributed by atoms with Crippen LogP contribution in [0.25, 0.3) is 0 Å². The van der Waals surface area contributed by atoms with Crippen LogP contribution in [0.2, 0.25) is 0 Å². The van der Waals surface area contributed by atoms with Gasteiger partial charge in [-0.05, 0) is 38.4 Å². The molecule has 0 bridgehead atoms. The van der Waals surface area contributed by atoms with E-state index in [-0.39, 0.29) is 0 Å². The summed E-state index contributed by atoms with van der Waals surface area (Å²) >= 11 is 0. The summed E-state index contributed by atoms with van der Waals surface area (Å²) in [4.78, 5) is 2.29. The standard InChI is InChI=1S/C15H23NO2/c1-16(13-15-9-5-6-11-17-15)10-12-18-14-7-3-2-4-8-14/h2-4,7-8,15H,5-6,9-13H2,1H3. The molecule has 1 fully saturated rings. The molecule has 1 saturated heterocycles. The van der Waals surface area contributed by atoms with Crippen LogP contribution in [0.15, 0.2) is 30.3 Å². The van der Waals surface area contributed by atoms with Crippen molar-refractivity contribution in [2.45, 2.75) is 25.4 Å². The largest absolute Gasteiger partial charge is 0.492 e. The fourth-order valence-corrected chi connectivity index (χ4v) is 2.23. The lowest BCUT2D eigenvalue weighted by Gasteiger charge is -2.27. The van der Waals surface area contributed by atoms with Gasteiger partial charge in [0.2, 0.25) is 0 Å². The van der Waals surface area contributed by atoms with Crippen LogP contribution < -0.4 is 4.74 Å². The highest BCUT2D eigenvalue weighted by Gasteiger charge is 2.15. The molecule has 3 nitrogen and oxygen atoms in total. The van der Waals surface area contributed by atoms with E-state index in [0.29, 0.717) is 6.10 Å². The van der Waals surface area contributed by atoms with E-state index < -0.39 is 0 Å². The van der Waals surface area contributed by atoms with E-state index in [2.05, 4.69) is 11.9 Å². The van der Waals surface area contributed by atoms with E-state index >= 15 is 0 Å². The molecule has 1 unspecified atom stereocenters. The third kappa shape index (κ3) is 4.67. The average Bonchev–Trinajstić information content (AvgIpc) is 2.41. The van der Waals surface area contributed by atoms with Crippen molar-refractivity contribution in [3.05, 3.63) is 30.3 Å². The minimum Gasteiger partial charge on any atom is -0.492 e. The Balaban J connectivity index is 1.61. The van der Waals surface area contributed by atoms with Crippen molar-refractivity contribution in [1.29, 1.82) is 0 Å². The first-order chi connectivity index (χ1) is 8.84. The highest BCUT2D eigenvalue weighted by atomic mass is 16.5. The van der Waals surface area contributed by atoms with Crippen molar-refractivity contribution in [1.82, 2.24) is 4.90 Å². The van der Waals surface area contributed by atoms with E-state index in [1.807, 2.05) is 30.3 Å². The lowest BCUT2D eigenvalue weighted by atomic mass is 10.1. The van der Waals surface area contributed by atoms with Crippen LogP contribution >= 0.6 is 0 Å². The summed E-state index contributed by atoms with van der Waals surface area (Å²) in [5.74, 6) is 0.944. The van der Waals surface area contributed by atoms with Gasteiger partial charge in [-0.1, -0.05) is 18.2 Å². The van der Waals surface area contributed by atoms with Gasteiger partial charge in [-0.15, -0.1) is 0 Å². The lowest BCUT2D eigenvalue weighted by molar-refractivity contribution is -0.00282. The van der Waals surface area contributed by atoms with Gasteiger partial charge in [-0.3, -0.25) is 0 Å². The van der Waals surface area contributed by atoms with Crippen LogP contribution in [0.5, 0.6) is 5.75 Å². The van der Waals surface area contributed by atoms with Crippen LogP contribution in [0, 0.1) is 0 Å². The maximum atomic E-state index is 5.73. The van der Waals surface area contributed by atoms with Crippen molar-refractivity contribution in [3.63, 3.8) is 0 Å². The maximum absolute atomic E-state index is 5.73. The minimum atomic E-state index is 0.417. The van der Waals surface area contributed by atoms with Crippen LogP contribution in [0.1, 0.15) is 19.3 Å². The van der Waals surface area contributed by atoms with Gasteiger partial charge >= 0.3 is 0 Å². The number of para-hydroxylation sites is 1. The van der Waals surface area contributed by atoms with E-state index in [4.69, 9.17) is 9.47 Å². The second-order valence-electron chi connectivity index (χ2n) is 4.91. The first-order valence-electron chi connectivity index (χ1n) is 6.82. The molecule has 0 N–H and O–H groups in total. The van der Waals surface area contributed by atoms with Gasteiger partial charge in [-0.2, -0.15) is 0 Å². The van der Waals surface area contributed by atoms with E-state index in [1.54, 1.807) is 0 Å². The van der Waals surface area contributed by atoms with E-state index in [0.717, 1.165) is 32.1 Å². The zero-order valence-electron chi connectivity index (χ0n) is 11.2. The Morgan fingerprint density at radius 3 is 2.83 bits per heavy atom. The topological polar surface area (TPSA) is 21.7 Å². The Labute approximate surface area is 110 Å². The third-order valence-electron chi connectivity index (χ3n) is 3.27. The van der Waals surface area contributed by atoms with Crippen molar-refractivity contribution >= 4 is 0 Å². The predicted octanol–water partition coefficient (Wildman–Crippen LogP) is 2.57. The molecular formula is C15H23NO2. The van der Waals surface area contributed by atoms with Crippen LogP contribution in [0.4, 0.5) is 0 Å². The Hall–Kier alpha value is -1.06. The third-order valence-corrected chi connectivity index (χ3v) is 3.27. The summed E-state index contributed by atoms with van der Waals surface area (Å²) in [6, 6.07) is 9.97. The number of likely N-dealkylation sites (N-methyl/N-ethyl adjacent to an activating group) is 1. The quantitative estimate of drug-likeness (QED) is 0.773. The number of hydrogen-bond acceptors (Lipinski definition) is 3. The zero-order valence-corrected chi connectivity index (χ0v) is 11.2. The Kier molecular flexibility index (Phi) is 5.49. The SMILES string of the molecule is CN(CCOc1ccccc1)CC1CCCCO1. The molecule has 0 saturated carbocycles. The first-order valence-corrected chi connectivity index (χ1v) is 6.82. The molecule has 1 heterocycles. The van der Waals surface area contributed by atoms with E-state index in [1.165, 1.54) is 19.3 Å². The summed E-state index contributed by atoms with van der Waals surface area (Å²) < 4.78 is 11.4. The number of ether oxygens (including phenoxy) is 2. The van der Waals surface area contributed by atoms with Gasteiger partial charge in [0.15, 0.2) is 0 Å². The molecular weight excluding hydrogens is 226 g/mol. The molecule has 1 aliphatic rings. The smallest absolute Gasteiger partial charge is 0.119 e. The van der Waals surface area contributed by atoms with Gasteiger partial charge in [0.1, 0.15) is 12.4 Å². The molecule has 1 aromatic carbocycles. The zero-order chi connectivity index (χ0) is 12.6. The Morgan fingerprint density at radius 1 is 1.28 bits per heavy atom. The number of benzene rings is 1. The molecule has 0 amide bonds. The monoisotopic (exact) mass is 249 g/mol. The molecule has 3 heteroatoms. The fraction of sp³-hybridized carbons (Fsp3) is 0.600. The van der Waals surface area contributed by atoms with Crippen LogP contribution in [0.3, 0.4) is 0 Å². The fourth-order valence-electron chi connectivity index (χ4n) is 2.23. The summed E-state index contributed by atoms with van der Waals surface area (Å²) in [7, 11) is 2.13. The minimum absolute atomic E-state index is 0.417. The molecule has 1 aliphatic heterocycles. The second-order valence-corrected chi connectivity index (χ2v) is 4.91. The van der Waals surface area contributed by atoms with E-state index in [9.17, 15) is 0 Å². The Bertz CT molecular complexity index is 323. The number of nitrogens with zero attached hydrogens (tertiary/aromatic N) is 1. The number of hydrogen-bond donors (Lipinski definition) is 0. The van der Waals surface area contributed by atoms with Crippen LogP contribution in [-0.2, 0) is 4.74 Å². The lowest BCUT2D eigenvalue weighted by Crippen LogP contribution is -2.35. The maximum Gasteiger partial charge on any atom is 0.119 e. The predicted molar refractivity (Wildman–Crippen MR) is 73.0 cm³/mol. The highest BCUT2D eigenvalue weighted by molar-refractivity contribution is 5.20. The molecule has 1 aromatic rings. The van der Waals surface area contributed by atoms with Gasteiger partial charge in [-0.25, -0.2) is 0 Å². The first kappa shape index (κ1) is 13.4. The summed E-state index contributed by atoms with van der Waals surface area (Å²) in [5.41, 5.74) is 0. The van der Waals surface area contributed by atoms with Gasteiger partial charge in [0, 0.05) is 19.7 Å². The molecule has 0 aliphatic carbocycles. The molecule has 1 atom stereocenters. The van der Waals surface area contributed by atoms with Gasteiger partial charge < -0.3 is 14.4 Å². The number of rotatable bonds is 6. The van der Waals surface area contributed by atoms with Crippen molar-refractivity contribution in [2.75, 3.05) is 33.4 Å². The molecule has 0 radical (unpaired) electrons. The molecule has 0 aromatic heterocycles. The normalized spacial score (nSPS) is 20.0. The van der Waals surface area contributed by atoms with Gasteiger partial charge in [0.25, 0.3) is 0 Å². The Morgan fingerprint density at radius 2 is 2.11 bits per heavy atom. The van der Waals surface area contributed by atoms with Crippen molar-refractivity contribution in [3.8, 4) is 5.75 Å². The summed E-state index contributed by atoms with van der Waals surface area (Å²) in [5, 5.41) is 0. The summed E-state index contributed by atoms with van der Waals surface area (Å²) in [6.07, 6.45) is 4.14. The van der Waals surface area contributed by atoms with Crippen LogP contribution in [-0.4, -0.2) is 44.4 Å². The van der Waals surface area contributed by atoms with Gasteiger partial charge in [0.05, 0.1) is 6.10 Å². The van der Waals surface area contributed by atoms with Crippen molar-refractivity contribution < 1.29 is 9.47 Å². The molecule has 0 spiro atoms. The second kappa shape index (κ2) is 7.39. The molecule has 18 heavy (non-hydrogen) atoms. The summed E-state index contributed by atoms with van der Waals surface area (Å²) in [6.45, 7) is 3.61. The van der Waals surface area contributed by atoms with Crippen molar-refractivity contribution in [2.24, 2.45) is 0 Å². The average molecular weight is 249 g/mol.